The molecule has 3 aromatic carbocycles. The monoisotopic (exact) mass is 771 g/mol. The number of H-pyrrole nitrogens is 1. The molecule has 1 atom stereocenters. The minimum atomic E-state index is -0.803. The summed E-state index contributed by atoms with van der Waals surface area (Å²) in [6, 6.07) is 21.8. The molecule has 49 heavy (non-hydrogen) atoms. The van der Waals surface area contributed by atoms with Gasteiger partial charge in [-0.25, -0.2) is 14.4 Å². The third-order valence-corrected chi connectivity index (χ3v) is 9.75. The van der Waals surface area contributed by atoms with Crippen LogP contribution in [0.2, 0.25) is 0 Å². The summed E-state index contributed by atoms with van der Waals surface area (Å²) in [5, 5.41) is 11.4. The number of alkyl halides is 1. The number of nitrogens with one attached hydrogen (secondary N) is 2. The minimum Gasteiger partial charge on any atom is -0.370 e. The molecular formula is C37H35FIN7O3. The molecule has 0 aliphatic carbocycles. The van der Waals surface area contributed by atoms with E-state index in [0.717, 1.165) is 34.0 Å². The molecule has 10 nitrogen and oxygen atoms in total. The summed E-state index contributed by atoms with van der Waals surface area (Å²) in [6.45, 7) is 2.73. The van der Waals surface area contributed by atoms with Gasteiger partial charge in [0, 0.05) is 54.2 Å². The molecule has 5 aromatic rings. The van der Waals surface area contributed by atoms with E-state index >= 15 is 0 Å². The normalized spacial score (nSPS) is 18.1. The van der Waals surface area contributed by atoms with Crippen LogP contribution in [0.15, 0.2) is 91.3 Å². The van der Waals surface area contributed by atoms with E-state index in [2.05, 4.69) is 71.2 Å². The molecule has 2 amide bonds. The summed E-state index contributed by atoms with van der Waals surface area (Å²) in [6.07, 6.45) is 6.94. The topological polar surface area (TPSA) is 116 Å². The fraction of sp³-hybridized carbons (Fsp3) is 0.270. The summed E-state index contributed by atoms with van der Waals surface area (Å²) in [7, 11) is 0. The van der Waals surface area contributed by atoms with Gasteiger partial charge in [0.25, 0.3) is 0 Å². The lowest BCUT2D eigenvalue weighted by atomic mass is 9.87. The molecule has 4 heterocycles. The van der Waals surface area contributed by atoms with Crippen LogP contribution in [-0.4, -0.2) is 85.7 Å². The van der Waals surface area contributed by atoms with Gasteiger partial charge in [0.2, 0.25) is 11.8 Å². The Balaban J connectivity index is 0.985. The molecule has 7 rings (SSSR count). The molecule has 0 bridgehead atoms. The van der Waals surface area contributed by atoms with Crippen molar-refractivity contribution >= 4 is 56.6 Å². The van der Waals surface area contributed by atoms with Crippen molar-refractivity contribution in [2.75, 3.05) is 49.3 Å². The van der Waals surface area contributed by atoms with Crippen LogP contribution in [0, 0.1) is 11.2 Å². The van der Waals surface area contributed by atoms with Gasteiger partial charge in [-0.15, -0.1) is 0 Å². The molecule has 12 heteroatoms. The molecule has 0 radical (unpaired) electrons. The number of carbonyl (C=O) groups excluding carboxylic acids is 2. The van der Waals surface area contributed by atoms with E-state index in [1.165, 1.54) is 17.7 Å². The quantitative estimate of drug-likeness (QED) is 0.129. The predicted molar refractivity (Wildman–Crippen MR) is 195 cm³/mol. The summed E-state index contributed by atoms with van der Waals surface area (Å²) < 4.78 is 19.8. The number of anilines is 1. The van der Waals surface area contributed by atoms with Crippen LogP contribution in [0.25, 0.3) is 39.1 Å². The lowest BCUT2D eigenvalue weighted by Gasteiger charge is -2.30. The summed E-state index contributed by atoms with van der Waals surface area (Å²) in [5.74, 6) is 0.286. The van der Waals surface area contributed by atoms with E-state index in [4.69, 9.17) is 4.74 Å². The Labute approximate surface area is 296 Å². The number of carbonyl (C=O) groups is 2. The number of amides is 2. The molecular weight excluding hydrogens is 736 g/mol. The maximum atomic E-state index is 13.9. The first kappa shape index (κ1) is 33.0. The van der Waals surface area contributed by atoms with Gasteiger partial charge in [0.1, 0.15) is 5.82 Å². The summed E-state index contributed by atoms with van der Waals surface area (Å²) >= 11 is 2.14. The predicted octanol–water partition coefficient (Wildman–Crippen LogP) is 6.18. The average molecular weight is 772 g/mol. The largest absolute Gasteiger partial charge is 0.370 e. The number of hydrogen-bond acceptors (Lipinski definition) is 7. The number of hydrogen-bond donors (Lipinski definition) is 2. The lowest BCUT2D eigenvalue weighted by Crippen LogP contribution is -2.45. The Kier molecular flexibility index (Phi) is 9.78. The van der Waals surface area contributed by atoms with Crippen molar-refractivity contribution in [3.05, 3.63) is 103 Å². The zero-order valence-electron chi connectivity index (χ0n) is 26.7. The van der Waals surface area contributed by atoms with Gasteiger partial charge >= 0.3 is 0 Å². The van der Waals surface area contributed by atoms with E-state index in [1.807, 2.05) is 35.2 Å². The van der Waals surface area contributed by atoms with Crippen molar-refractivity contribution in [1.82, 2.24) is 30.0 Å². The fourth-order valence-corrected chi connectivity index (χ4v) is 6.83. The molecule has 2 aliphatic rings. The molecule has 2 aliphatic heterocycles. The van der Waals surface area contributed by atoms with Crippen LogP contribution in [0.4, 0.5) is 10.1 Å². The molecule has 1 fully saturated rings. The number of nitrogens with zero attached hydrogens (tertiary/aromatic N) is 5. The first-order chi connectivity index (χ1) is 23.9. The van der Waals surface area contributed by atoms with E-state index in [1.54, 1.807) is 30.6 Å². The Bertz CT molecular complexity index is 1990. The zero-order chi connectivity index (χ0) is 33.8. The Morgan fingerprint density at radius 1 is 0.980 bits per heavy atom. The number of fused-ring (bicyclic) bond motifs is 1. The maximum Gasteiger partial charge on any atom is 0.237 e. The van der Waals surface area contributed by atoms with Gasteiger partial charge < -0.3 is 15.0 Å². The van der Waals surface area contributed by atoms with Crippen LogP contribution >= 0.6 is 22.6 Å². The van der Waals surface area contributed by atoms with Gasteiger partial charge in [-0.05, 0) is 79.1 Å². The first-order valence-electron chi connectivity index (χ1n) is 16.2. The summed E-state index contributed by atoms with van der Waals surface area (Å²) in [5.41, 5.74) is 5.40. The van der Waals surface area contributed by atoms with Crippen LogP contribution in [0.1, 0.15) is 18.4 Å². The van der Waals surface area contributed by atoms with Gasteiger partial charge in [-0.1, -0.05) is 52.9 Å². The van der Waals surface area contributed by atoms with Gasteiger partial charge in [0.05, 0.1) is 34.4 Å². The highest BCUT2D eigenvalue weighted by Gasteiger charge is 2.45. The Morgan fingerprint density at radius 2 is 1.73 bits per heavy atom. The number of aromatic nitrogens is 4. The third-order valence-electron chi connectivity index (χ3n) is 9.31. The van der Waals surface area contributed by atoms with Crippen molar-refractivity contribution in [2.45, 2.75) is 12.8 Å². The minimum absolute atomic E-state index is 0.0524. The molecule has 250 valence electrons. The standard InChI is InChI=1S/C37H35FIN7O3/c38-29-8-6-27(7-9-29)34-31-20-30(10-11-32(31)43-44-34)42-36(48)37(23-49-24-39)14-19-45(22-37)21-33(47)46-17-12-26(13-18-46)25-2-4-28(5-3-25)35-40-15-1-16-41-35/h1-12,15-16,20H,13-14,17-19,21-24H2,(H,42,48)(H,43,44)/t37-/m1/s1. The highest BCUT2D eigenvalue weighted by Crippen LogP contribution is 2.35. The second kappa shape index (κ2) is 14.5. The number of aromatic amines is 1. The number of halogens is 2. The van der Waals surface area contributed by atoms with E-state index in [-0.39, 0.29) is 30.8 Å². The Morgan fingerprint density at radius 3 is 2.47 bits per heavy atom. The average Bonchev–Trinajstić information content (AvgIpc) is 3.76. The third kappa shape index (κ3) is 7.26. The second-order valence-corrected chi connectivity index (χ2v) is 13.1. The highest BCUT2D eigenvalue weighted by atomic mass is 127. The summed E-state index contributed by atoms with van der Waals surface area (Å²) in [4.78, 5) is 39.9. The molecule has 1 saturated heterocycles. The van der Waals surface area contributed by atoms with Crippen molar-refractivity contribution in [3.63, 3.8) is 0 Å². The molecule has 0 saturated carbocycles. The van der Waals surface area contributed by atoms with Crippen molar-refractivity contribution in [1.29, 1.82) is 0 Å². The van der Waals surface area contributed by atoms with Gasteiger partial charge in [-0.2, -0.15) is 5.10 Å². The Hall–Kier alpha value is -4.53. The molecule has 0 unspecified atom stereocenters. The van der Waals surface area contributed by atoms with Crippen molar-refractivity contribution < 1.29 is 18.7 Å². The van der Waals surface area contributed by atoms with E-state index in [9.17, 15) is 14.0 Å². The number of likely N-dealkylation sites (tertiary alicyclic amines) is 1. The van der Waals surface area contributed by atoms with E-state index < -0.39 is 5.41 Å². The van der Waals surface area contributed by atoms with E-state index in [0.29, 0.717) is 54.4 Å². The zero-order valence-corrected chi connectivity index (χ0v) is 28.9. The SMILES string of the molecule is O=C(CN1CC[C@@](COCI)(C(=O)Nc2ccc3[nH]nc(-c4ccc(F)cc4)c3c2)C1)N1CC=C(c2ccc(-c3ncccn3)cc2)CC1. The van der Waals surface area contributed by atoms with Crippen LogP contribution < -0.4 is 5.32 Å². The second-order valence-electron chi connectivity index (χ2n) is 12.5. The van der Waals surface area contributed by atoms with Crippen molar-refractivity contribution in [2.24, 2.45) is 5.41 Å². The molecule has 2 N–H and O–H groups in total. The van der Waals surface area contributed by atoms with Crippen LogP contribution in [0.3, 0.4) is 0 Å². The van der Waals surface area contributed by atoms with Crippen LogP contribution in [-0.2, 0) is 14.3 Å². The maximum absolute atomic E-state index is 13.9. The first-order valence-corrected chi connectivity index (χ1v) is 17.7. The number of ether oxygens (including phenoxy) is 1. The number of benzene rings is 3. The molecule has 0 spiro atoms. The number of rotatable bonds is 10. The lowest BCUT2D eigenvalue weighted by molar-refractivity contribution is -0.133. The fourth-order valence-electron chi connectivity index (χ4n) is 6.61. The highest BCUT2D eigenvalue weighted by molar-refractivity contribution is 14.1. The van der Waals surface area contributed by atoms with Gasteiger partial charge in [0.15, 0.2) is 5.82 Å². The van der Waals surface area contributed by atoms with Crippen molar-refractivity contribution in [3.8, 4) is 22.6 Å². The van der Waals surface area contributed by atoms with Crippen LogP contribution in [0.5, 0.6) is 0 Å². The molecule has 2 aromatic heterocycles. The smallest absolute Gasteiger partial charge is 0.237 e. The van der Waals surface area contributed by atoms with Gasteiger partial charge in [-0.3, -0.25) is 19.6 Å².